The van der Waals surface area contributed by atoms with Gasteiger partial charge in [0.15, 0.2) is 5.78 Å². The van der Waals surface area contributed by atoms with Crippen LogP contribution in [0, 0.1) is 24.0 Å². The molecule has 1 aliphatic rings. The van der Waals surface area contributed by atoms with Gasteiger partial charge in [0, 0.05) is 62.1 Å². The Balaban J connectivity index is 0.000000355. The Morgan fingerprint density at radius 2 is 1.87 bits per heavy atom. The first-order valence-corrected chi connectivity index (χ1v) is 16.1. The van der Waals surface area contributed by atoms with Gasteiger partial charge in [-0.1, -0.05) is 50.9 Å². The number of ketones is 1. The van der Waals surface area contributed by atoms with Crippen molar-refractivity contribution in [1.29, 1.82) is 0 Å². The highest BCUT2D eigenvalue weighted by molar-refractivity contribution is 6.44. The van der Waals surface area contributed by atoms with E-state index in [2.05, 4.69) is 62.5 Å². The van der Waals surface area contributed by atoms with Crippen LogP contribution in [0.25, 0.3) is 5.57 Å². The number of halogens is 3. The van der Waals surface area contributed by atoms with Crippen LogP contribution < -0.4 is 5.32 Å². The molecule has 1 atom stereocenters. The number of aryl methyl sites for hydroxylation is 1. The first-order chi connectivity index (χ1) is 21.0. The van der Waals surface area contributed by atoms with Gasteiger partial charge in [0.1, 0.15) is 17.3 Å². The lowest BCUT2D eigenvalue weighted by Gasteiger charge is -2.52. The van der Waals surface area contributed by atoms with Crippen LogP contribution in [0.3, 0.4) is 0 Å². The summed E-state index contributed by atoms with van der Waals surface area (Å²) in [7, 11) is 1.49. The zero-order valence-electron chi connectivity index (χ0n) is 28.4. The third-order valence-corrected chi connectivity index (χ3v) is 8.46. The Kier molecular flexibility index (Phi) is 14.6. The molecule has 0 amide bonds. The number of Topliss-reactive ketones (excluding diaryl/α,β-unsaturated/α-hetero) is 1. The van der Waals surface area contributed by atoms with E-state index >= 15 is 0 Å². The van der Waals surface area contributed by atoms with Crippen LogP contribution in [0.2, 0.25) is 5.02 Å². The molecule has 5 nitrogen and oxygen atoms in total. The number of nitrogens with zero attached hydrogens (tertiary/aromatic N) is 2. The van der Waals surface area contributed by atoms with Crippen molar-refractivity contribution >= 4 is 28.7 Å². The predicted molar refractivity (Wildman–Crippen MR) is 185 cm³/mol. The Hall–Kier alpha value is -2.87. The number of aliphatic hydroxyl groups excluding tert-OH is 1. The van der Waals surface area contributed by atoms with Gasteiger partial charge in [-0.05, 0) is 99.4 Å². The summed E-state index contributed by atoms with van der Waals surface area (Å²) in [5.41, 5.74) is 4.51. The molecular weight excluding hydrogens is 592 g/mol. The highest BCUT2D eigenvalue weighted by atomic mass is 35.5. The fourth-order valence-electron chi connectivity index (χ4n) is 5.99. The van der Waals surface area contributed by atoms with E-state index in [-0.39, 0.29) is 34.6 Å². The topological polar surface area (TPSA) is 64.9 Å². The van der Waals surface area contributed by atoms with Crippen molar-refractivity contribution < 1.29 is 18.7 Å². The van der Waals surface area contributed by atoms with Crippen molar-refractivity contribution in [2.75, 3.05) is 26.7 Å². The maximum Gasteiger partial charge on any atom is 0.177 e. The van der Waals surface area contributed by atoms with Gasteiger partial charge in [-0.15, -0.1) is 0 Å². The Morgan fingerprint density at radius 1 is 1.20 bits per heavy atom. The van der Waals surface area contributed by atoms with Crippen LogP contribution >= 0.6 is 11.6 Å². The number of likely N-dealkylation sites (tertiary alicyclic amines) is 1. The van der Waals surface area contributed by atoms with E-state index in [4.69, 9.17) is 11.6 Å². The largest absolute Gasteiger partial charge is 0.396 e. The van der Waals surface area contributed by atoms with Crippen LogP contribution in [-0.2, 0) is 10.3 Å². The van der Waals surface area contributed by atoms with Crippen molar-refractivity contribution in [2.24, 2.45) is 10.4 Å². The second kappa shape index (κ2) is 17.2. The van der Waals surface area contributed by atoms with Crippen molar-refractivity contribution in [2.45, 2.75) is 92.2 Å². The Morgan fingerprint density at radius 3 is 2.40 bits per heavy atom. The summed E-state index contributed by atoms with van der Waals surface area (Å²) >= 11 is 6.26. The molecule has 0 aromatic heterocycles. The molecule has 3 rings (SSSR count). The zero-order chi connectivity index (χ0) is 33.9. The molecule has 8 heteroatoms. The molecule has 2 aromatic carbocycles. The number of nitrogens with one attached hydrogen (secondary N) is 1. The minimum Gasteiger partial charge on any atom is -0.396 e. The van der Waals surface area contributed by atoms with E-state index in [0.717, 1.165) is 42.7 Å². The van der Waals surface area contributed by atoms with Gasteiger partial charge in [-0.2, -0.15) is 0 Å². The highest BCUT2D eigenvalue weighted by Crippen LogP contribution is 2.39. The van der Waals surface area contributed by atoms with Crippen LogP contribution in [0.5, 0.6) is 0 Å². The molecule has 248 valence electrons. The molecule has 0 spiro atoms. The van der Waals surface area contributed by atoms with E-state index in [9.17, 15) is 18.7 Å². The van der Waals surface area contributed by atoms with Crippen LogP contribution in [0.1, 0.15) is 90.3 Å². The summed E-state index contributed by atoms with van der Waals surface area (Å²) in [5, 5.41) is 13.8. The second-order valence-electron chi connectivity index (χ2n) is 13.2. The number of aliphatic imine (C=N–C) groups is 1. The molecule has 2 aromatic rings. The molecular formula is C37H52ClF2N3O2. The summed E-state index contributed by atoms with van der Waals surface area (Å²) in [4.78, 5) is 17.5. The number of hydrogen-bond donors (Lipinski definition) is 2. The lowest BCUT2D eigenvalue weighted by molar-refractivity contribution is -0.111. The van der Waals surface area contributed by atoms with Gasteiger partial charge in [0.2, 0.25) is 0 Å². The average Bonchev–Trinajstić information content (AvgIpc) is 2.91. The fourth-order valence-corrected chi connectivity index (χ4v) is 6.28. The number of benzene rings is 2. The summed E-state index contributed by atoms with van der Waals surface area (Å²) < 4.78 is 26.2. The van der Waals surface area contributed by atoms with Gasteiger partial charge in [-0.3, -0.25) is 14.7 Å². The standard InChI is InChI=1S/C24H39ClN2O.C13H13F2NO/c1-7-8-9-22(10-11-28)27-16-24(6,17-27)15-19(3)26-23(4,5)20-12-18(2)13-21(25)14-20;1-8(6-13(16-3)9(2)17)11-5-4-10(14)7-12(11)15/h12-14,22,26,28H,3,7-11,15-17H2,1-2,4-6H3;4-7H,1-3H3/b;8-6+,16-13?. The third kappa shape index (κ3) is 11.8. The van der Waals surface area contributed by atoms with Crippen molar-refractivity contribution in [1.82, 2.24) is 10.2 Å². The second-order valence-corrected chi connectivity index (χ2v) is 13.6. The van der Waals surface area contributed by atoms with Crippen LogP contribution in [-0.4, -0.2) is 54.3 Å². The molecule has 2 N–H and O–H groups in total. The van der Waals surface area contributed by atoms with Crippen LogP contribution in [0.4, 0.5) is 8.78 Å². The number of allylic oxidation sites excluding steroid dienone is 3. The van der Waals surface area contributed by atoms with Gasteiger partial charge < -0.3 is 10.4 Å². The number of rotatable bonds is 14. The number of hydrogen-bond acceptors (Lipinski definition) is 5. The molecule has 1 aliphatic heterocycles. The summed E-state index contributed by atoms with van der Waals surface area (Å²) in [5.74, 6) is -1.48. The predicted octanol–water partition coefficient (Wildman–Crippen LogP) is 8.67. The number of carbonyl (C=O) groups is 1. The van der Waals surface area contributed by atoms with Crippen LogP contribution in [0.15, 0.2) is 59.7 Å². The van der Waals surface area contributed by atoms with Gasteiger partial charge >= 0.3 is 0 Å². The van der Waals surface area contributed by atoms with E-state index in [1.165, 1.54) is 62.6 Å². The van der Waals surface area contributed by atoms with E-state index in [0.29, 0.717) is 11.6 Å². The first kappa shape index (κ1) is 38.3. The molecule has 1 unspecified atom stereocenters. The first-order valence-electron chi connectivity index (χ1n) is 15.7. The molecule has 0 radical (unpaired) electrons. The molecule has 45 heavy (non-hydrogen) atoms. The smallest absolute Gasteiger partial charge is 0.177 e. The molecule has 0 aliphatic carbocycles. The third-order valence-electron chi connectivity index (χ3n) is 8.24. The van der Waals surface area contributed by atoms with Gasteiger partial charge in [0.25, 0.3) is 0 Å². The number of unbranched alkanes of at least 4 members (excludes halogenated alkanes) is 1. The summed E-state index contributed by atoms with van der Waals surface area (Å²) in [6.07, 6.45) is 6.97. The molecule has 0 saturated carbocycles. The van der Waals surface area contributed by atoms with Crippen molar-refractivity contribution in [3.8, 4) is 0 Å². The zero-order valence-corrected chi connectivity index (χ0v) is 29.1. The Bertz CT molecular complexity index is 1360. The fraction of sp³-hybridized carbons (Fsp3) is 0.514. The van der Waals surface area contributed by atoms with E-state index < -0.39 is 11.6 Å². The monoisotopic (exact) mass is 643 g/mol. The SMILES string of the molecule is C=C(CC1(C)CN(C(CCO)CCCC)C1)NC(C)(C)c1cc(C)cc(Cl)c1.CN=C(/C=C(\C)c1ccc(F)cc1F)C(C)=O. The summed E-state index contributed by atoms with van der Waals surface area (Å²) in [6.45, 7) is 20.8. The average molecular weight is 644 g/mol. The molecule has 1 saturated heterocycles. The number of aliphatic hydroxyl groups is 1. The molecule has 0 bridgehead atoms. The normalized spacial score (nSPS) is 15.9. The lowest BCUT2D eigenvalue weighted by atomic mass is 9.76. The van der Waals surface area contributed by atoms with Gasteiger partial charge in [-0.25, -0.2) is 8.78 Å². The maximum absolute atomic E-state index is 13.5. The van der Waals surface area contributed by atoms with Crippen molar-refractivity contribution in [3.63, 3.8) is 0 Å². The van der Waals surface area contributed by atoms with E-state index in [1.54, 1.807) is 6.92 Å². The minimum atomic E-state index is -0.655. The summed E-state index contributed by atoms with van der Waals surface area (Å²) in [6, 6.07) is 10.0. The minimum absolute atomic E-state index is 0.200. The highest BCUT2D eigenvalue weighted by Gasteiger charge is 2.42. The lowest BCUT2D eigenvalue weighted by Crippen LogP contribution is -2.59. The molecule has 1 heterocycles. The van der Waals surface area contributed by atoms with Gasteiger partial charge in [0.05, 0.1) is 5.54 Å². The molecule has 1 fully saturated rings. The van der Waals surface area contributed by atoms with Crippen molar-refractivity contribution in [3.05, 3.63) is 88.1 Å². The number of carbonyl (C=O) groups excluding carboxylic acids is 1. The maximum atomic E-state index is 13.5. The Labute approximate surface area is 274 Å². The quantitative estimate of drug-likeness (QED) is 0.202. The van der Waals surface area contributed by atoms with E-state index in [1.807, 2.05) is 12.1 Å².